The van der Waals surface area contributed by atoms with Gasteiger partial charge in [0.15, 0.2) is 0 Å². The zero-order valence-electron chi connectivity index (χ0n) is 17.9. The Hall–Kier alpha value is -2.34. The van der Waals surface area contributed by atoms with Crippen molar-refractivity contribution in [3.63, 3.8) is 0 Å². The van der Waals surface area contributed by atoms with Crippen molar-refractivity contribution in [2.24, 2.45) is 5.73 Å². The molecule has 0 saturated carbocycles. The molecule has 0 bridgehead atoms. The number of amides is 4. The van der Waals surface area contributed by atoms with E-state index in [1.54, 1.807) is 27.7 Å². The predicted molar refractivity (Wildman–Crippen MR) is 112 cm³/mol. The van der Waals surface area contributed by atoms with Crippen LogP contribution in [0.5, 0.6) is 0 Å². The van der Waals surface area contributed by atoms with E-state index in [4.69, 9.17) is 15.6 Å². The molecule has 12 heteroatoms. The number of aliphatic carboxylic acids is 1. The average Bonchev–Trinajstić information content (AvgIpc) is 2.61. The fourth-order valence-electron chi connectivity index (χ4n) is 2.10. The summed E-state index contributed by atoms with van der Waals surface area (Å²) in [5, 5.41) is 15.8. The van der Waals surface area contributed by atoms with E-state index in [2.05, 4.69) is 10.6 Å². The molecule has 0 fully saturated rings. The van der Waals surface area contributed by atoms with Crippen molar-refractivity contribution in [2.45, 2.75) is 70.7 Å². The number of ether oxygens (including phenoxy) is 1. The van der Waals surface area contributed by atoms with Crippen LogP contribution in [0, 0.1) is 0 Å². The van der Waals surface area contributed by atoms with Crippen LogP contribution in [0.25, 0.3) is 0 Å². The number of carboxylic acid groups (broad SMARTS) is 1. The maximum absolute atomic E-state index is 12.6. The highest BCUT2D eigenvalue weighted by Gasteiger charge is 2.30. The Morgan fingerprint density at radius 1 is 1.03 bits per heavy atom. The van der Waals surface area contributed by atoms with Gasteiger partial charge in [0.1, 0.15) is 17.7 Å². The number of carboxylic acids is 1. The summed E-state index contributed by atoms with van der Waals surface area (Å²) >= 11 is 1.43. The van der Waals surface area contributed by atoms with Gasteiger partial charge in [0.2, 0.25) is 17.7 Å². The van der Waals surface area contributed by atoms with Crippen LogP contribution in [-0.2, 0) is 23.9 Å². The number of alkyl carbamates (subject to hydrolysis) is 1. The predicted octanol–water partition coefficient (Wildman–Crippen LogP) is -0.0276. The van der Waals surface area contributed by atoms with E-state index in [9.17, 15) is 24.0 Å². The highest BCUT2D eigenvalue weighted by Crippen LogP contribution is 2.09. The molecular formula is C18H32N4O7S. The van der Waals surface area contributed by atoms with Gasteiger partial charge in [-0.25, -0.2) is 4.79 Å². The molecule has 0 heterocycles. The molecule has 0 spiro atoms. The average molecular weight is 449 g/mol. The molecule has 0 aliphatic heterocycles. The molecule has 0 saturated heterocycles. The second-order valence-corrected chi connectivity index (χ2v) is 8.49. The van der Waals surface area contributed by atoms with Crippen LogP contribution in [0.1, 0.15) is 47.0 Å². The van der Waals surface area contributed by atoms with Gasteiger partial charge < -0.3 is 26.2 Å². The summed E-state index contributed by atoms with van der Waals surface area (Å²) in [6, 6.07) is -3.54. The van der Waals surface area contributed by atoms with Crippen LogP contribution >= 0.6 is 11.8 Å². The Kier molecular flexibility index (Phi) is 12.0. The van der Waals surface area contributed by atoms with Crippen LogP contribution in [0.4, 0.5) is 4.79 Å². The molecule has 6 N–H and O–H groups in total. The Morgan fingerprint density at radius 2 is 1.63 bits per heavy atom. The second kappa shape index (κ2) is 13.1. The molecule has 0 aliphatic carbocycles. The number of nitrogens with two attached hydrogens (primary N) is 1. The highest BCUT2D eigenvalue weighted by atomic mass is 32.2. The van der Waals surface area contributed by atoms with Crippen molar-refractivity contribution < 1.29 is 33.8 Å². The number of nitrogens with one attached hydrogen (secondary N) is 3. The summed E-state index contributed by atoms with van der Waals surface area (Å²) in [6.07, 6.45) is 0.713. The maximum Gasteiger partial charge on any atom is 0.408 e. The smallest absolute Gasteiger partial charge is 0.408 e. The fraction of sp³-hybridized carbons (Fsp3) is 0.722. The third kappa shape index (κ3) is 11.6. The monoisotopic (exact) mass is 448 g/mol. The molecule has 0 aliphatic rings. The third-order valence-corrected chi connectivity index (χ3v) is 4.30. The van der Waals surface area contributed by atoms with E-state index < -0.39 is 59.9 Å². The van der Waals surface area contributed by atoms with Crippen LogP contribution in [0.15, 0.2) is 0 Å². The lowest BCUT2D eigenvalue weighted by molar-refractivity contribution is -0.142. The van der Waals surface area contributed by atoms with Crippen molar-refractivity contribution >= 4 is 41.5 Å². The number of hydrogen-bond acceptors (Lipinski definition) is 8. The molecule has 172 valence electrons. The van der Waals surface area contributed by atoms with Gasteiger partial charge in [-0.2, -0.15) is 11.8 Å². The van der Waals surface area contributed by atoms with Crippen molar-refractivity contribution in [3.8, 4) is 0 Å². The molecule has 0 rings (SSSR count). The Bertz CT molecular complexity index is 637. The van der Waals surface area contributed by atoms with Crippen LogP contribution < -0.4 is 21.7 Å². The molecule has 11 nitrogen and oxygen atoms in total. The molecule has 0 aromatic rings. The lowest BCUT2D eigenvalue weighted by Crippen LogP contribution is -2.56. The summed E-state index contributed by atoms with van der Waals surface area (Å²) in [7, 11) is 0. The Morgan fingerprint density at radius 3 is 2.10 bits per heavy atom. The molecule has 3 atom stereocenters. The molecule has 0 aromatic carbocycles. The first-order valence-corrected chi connectivity index (χ1v) is 10.8. The number of carbonyl (C=O) groups is 5. The van der Waals surface area contributed by atoms with E-state index >= 15 is 0 Å². The molecule has 1 unspecified atom stereocenters. The normalized spacial score (nSPS) is 14.1. The summed E-state index contributed by atoms with van der Waals surface area (Å²) < 4.78 is 5.14. The van der Waals surface area contributed by atoms with Crippen molar-refractivity contribution in [2.75, 3.05) is 12.0 Å². The lowest BCUT2D eigenvalue weighted by atomic mass is 10.1. The molecule has 4 amide bonds. The lowest BCUT2D eigenvalue weighted by Gasteiger charge is -2.25. The molecule has 0 aromatic heterocycles. The third-order valence-electron chi connectivity index (χ3n) is 3.65. The Labute approximate surface area is 180 Å². The summed E-state index contributed by atoms with van der Waals surface area (Å²) in [4.78, 5) is 59.9. The topological polar surface area (TPSA) is 177 Å². The zero-order chi connectivity index (χ0) is 23.5. The minimum absolute atomic E-state index is 0.216. The number of imide groups is 1. The largest absolute Gasteiger partial charge is 0.481 e. The number of carbonyl (C=O) groups excluding carboxylic acids is 4. The fourth-order valence-corrected chi connectivity index (χ4v) is 2.57. The second-order valence-electron chi connectivity index (χ2n) is 7.51. The van der Waals surface area contributed by atoms with Crippen LogP contribution in [-0.4, -0.2) is 70.6 Å². The standard InChI is InChI=1S/C18H32N4O7S/c1-6-10(19)14(25)22-16(27)12(9-13(23)24)20-15(26)11(7-8-30-5)21-17(28)29-18(2,3)4/h10-12H,6-9,19H2,1-5H3,(H,20,26)(H,21,28)(H,23,24)(H,22,25,27)/t10?,11-,12-/m0/s1. The van der Waals surface area contributed by atoms with Gasteiger partial charge in [-0.15, -0.1) is 0 Å². The van der Waals surface area contributed by atoms with E-state index in [0.717, 1.165) is 0 Å². The number of thioether (sulfide) groups is 1. The Balaban J connectivity index is 5.30. The number of rotatable bonds is 11. The first-order valence-electron chi connectivity index (χ1n) is 9.41. The van der Waals surface area contributed by atoms with Gasteiger partial charge in [0, 0.05) is 0 Å². The first-order chi connectivity index (χ1) is 13.8. The minimum Gasteiger partial charge on any atom is -0.481 e. The molecule has 0 radical (unpaired) electrons. The quantitative estimate of drug-likeness (QED) is 0.290. The maximum atomic E-state index is 12.6. The van der Waals surface area contributed by atoms with E-state index in [1.165, 1.54) is 11.8 Å². The summed E-state index contributed by atoms with van der Waals surface area (Å²) in [6.45, 7) is 6.63. The van der Waals surface area contributed by atoms with Gasteiger partial charge in [-0.1, -0.05) is 6.92 Å². The van der Waals surface area contributed by atoms with Crippen LogP contribution in [0.2, 0.25) is 0 Å². The van der Waals surface area contributed by atoms with Gasteiger partial charge in [-0.05, 0) is 45.6 Å². The van der Waals surface area contributed by atoms with Crippen LogP contribution in [0.3, 0.4) is 0 Å². The molecular weight excluding hydrogens is 416 g/mol. The SMILES string of the molecule is CCC(N)C(=O)NC(=O)[C@H](CC(=O)O)NC(=O)[C@H](CCSC)NC(=O)OC(C)(C)C. The highest BCUT2D eigenvalue weighted by molar-refractivity contribution is 7.98. The van der Waals surface area contributed by atoms with E-state index in [1.807, 2.05) is 11.6 Å². The zero-order valence-corrected chi connectivity index (χ0v) is 18.8. The van der Waals surface area contributed by atoms with Gasteiger partial charge in [0.05, 0.1) is 12.5 Å². The van der Waals surface area contributed by atoms with Gasteiger partial charge in [0.25, 0.3) is 0 Å². The summed E-state index contributed by atoms with van der Waals surface area (Å²) in [5.41, 5.74) is 4.76. The van der Waals surface area contributed by atoms with E-state index in [-0.39, 0.29) is 12.8 Å². The van der Waals surface area contributed by atoms with Gasteiger partial charge >= 0.3 is 12.1 Å². The molecule has 30 heavy (non-hydrogen) atoms. The summed E-state index contributed by atoms with van der Waals surface area (Å²) in [5.74, 6) is -3.40. The van der Waals surface area contributed by atoms with Crippen molar-refractivity contribution in [1.82, 2.24) is 16.0 Å². The number of hydrogen-bond donors (Lipinski definition) is 5. The van der Waals surface area contributed by atoms with Crippen molar-refractivity contribution in [3.05, 3.63) is 0 Å². The van der Waals surface area contributed by atoms with E-state index in [0.29, 0.717) is 5.75 Å². The van der Waals surface area contributed by atoms with Gasteiger partial charge in [-0.3, -0.25) is 24.5 Å². The first kappa shape index (κ1) is 27.7. The van der Waals surface area contributed by atoms with Crippen molar-refractivity contribution in [1.29, 1.82) is 0 Å². The minimum atomic E-state index is -1.53.